The van der Waals surface area contributed by atoms with Crippen LogP contribution in [0.3, 0.4) is 0 Å². The van der Waals surface area contributed by atoms with E-state index in [1.165, 1.54) is 6.07 Å². The molecule has 0 aliphatic rings. The molecular formula is C42H66Br2N6O10Si. The van der Waals surface area contributed by atoms with Crippen LogP contribution in [-0.4, -0.2) is 81.9 Å². The van der Waals surface area contributed by atoms with Gasteiger partial charge in [-0.25, -0.2) is 29.0 Å². The Bertz CT molecular complexity index is 1910. The molecular weight excluding hydrogens is 936 g/mol. The van der Waals surface area contributed by atoms with E-state index in [1.54, 1.807) is 95.2 Å². The smallest absolute Gasteiger partial charge is 0.417 e. The average molecular weight is 1000 g/mol. The molecule has 0 aromatic heterocycles. The van der Waals surface area contributed by atoms with Crippen LogP contribution < -0.4 is 15.1 Å². The molecule has 0 unspecified atom stereocenters. The van der Waals surface area contributed by atoms with Gasteiger partial charge < -0.3 is 28.5 Å². The molecule has 2 rings (SSSR count). The first kappa shape index (κ1) is 54.7. The molecule has 0 aliphatic carbocycles. The third-order valence-electron chi connectivity index (χ3n) is 7.87. The second kappa shape index (κ2) is 21.1. The summed E-state index contributed by atoms with van der Waals surface area (Å²) in [6.07, 6.45) is -3.24. The van der Waals surface area contributed by atoms with Crippen LogP contribution in [0.2, 0.25) is 18.1 Å². The fourth-order valence-corrected chi connectivity index (χ4v) is 6.32. The summed E-state index contributed by atoms with van der Waals surface area (Å²) >= 11 is 6.78. The second-order valence-electron chi connectivity index (χ2n) is 19.5. The molecule has 16 nitrogen and oxygen atoms in total. The van der Waals surface area contributed by atoms with Gasteiger partial charge in [-0.3, -0.25) is 21.5 Å². The zero-order valence-electron chi connectivity index (χ0n) is 38.7. The SMILES string of the molecule is CC(C)(C)OC(=O)NC(=N)N(Cc1ccc(O)c(Br)c1)C(=O)OC(C)(C)C.CC(C)(C)OC(=O)NC(=N)N(Cc1ccc(O[Si](C)(C)C(C)(C)C)c(Br)c1)C(=O)OC(C)(C)C. The summed E-state index contributed by atoms with van der Waals surface area (Å²) in [6.45, 7) is 31.3. The number of phenols is 1. The molecule has 0 aliphatic heterocycles. The van der Waals surface area contributed by atoms with Crippen molar-refractivity contribution in [2.75, 3.05) is 0 Å². The highest BCUT2D eigenvalue weighted by molar-refractivity contribution is 9.11. The molecule has 0 bridgehead atoms. The van der Waals surface area contributed by atoms with Crippen LogP contribution in [0, 0.1) is 10.8 Å². The van der Waals surface area contributed by atoms with Gasteiger partial charge in [-0.2, -0.15) is 0 Å². The van der Waals surface area contributed by atoms with E-state index in [4.69, 9.17) is 34.2 Å². The number of nitrogens with zero attached hydrogens (tertiary/aromatic N) is 2. The highest BCUT2D eigenvalue weighted by atomic mass is 79.9. The number of phenolic OH excluding ortho intramolecular Hbond substituents is 1. The number of hydrogen-bond donors (Lipinski definition) is 5. The average Bonchev–Trinajstić information content (AvgIpc) is 3.01. The summed E-state index contributed by atoms with van der Waals surface area (Å²) in [5.41, 5.74) is -1.72. The fraction of sp³-hybridized carbons (Fsp3) is 0.571. The number of guanidine groups is 2. The van der Waals surface area contributed by atoms with E-state index in [9.17, 15) is 24.3 Å². The summed E-state index contributed by atoms with van der Waals surface area (Å²) < 4.78 is 28.7. The minimum Gasteiger partial charge on any atom is -0.543 e. The first-order valence-electron chi connectivity index (χ1n) is 19.4. The van der Waals surface area contributed by atoms with Crippen molar-refractivity contribution in [1.29, 1.82) is 10.8 Å². The summed E-state index contributed by atoms with van der Waals surface area (Å²) in [5.74, 6) is -0.158. The summed E-state index contributed by atoms with van der Waals surface area (Å²) in [5, 5.41) is 30.7. The van der Waals surface area contributed by atoms with Gasteiger partial charge in [0.15, 0.2) is 0 Å². The first-order valence-corrected chi connectivity index (χ1v) is 23.9. The predicted octanol–water partition coefficient (Wildman–Crippen LogP) is 11.4. The number of carbonyl (C=O) groups excluding carboxylic acids is 4. The Labute approximate surface area is 379 Å². The Hall–Kier alpha value is -4.36. The lowest BCUT2D eigenvalue weighted by Gasteiger charge is -2.36. The molecule has 4 amide bonds. The molecule has 0 atom stereocenters. The van der Waals surface area contributed by atoms with Gasteiger partial charge >= 0.3 is 24.4 Å². The van der Waals surface area contributed by atoms with Gasteiger partial charge in [0.2, 0.25) is 11.9 Å². The molecule has 0 radical (unpaired) electrons. The molecule has 5 N–H and O–H groups in total. The number of ether oxygens (including phenoxy) is 4. The van der Waals surface area contributed by atoms with Crippen LogP contribution in [0.5, 0.6) is 11.5 Å². The normalized spacial score (nSPS) is 12.1. The van der Waals surface area contributed by atoms with E-state index in [1.807, 2.05) is 18.2 Å². The second-order valence-corrected chi connectivity index (χ2v) is 25.9. The number of benzene rings is 2. The molecule has 2 aromatic carbocycles. The van der Waals surface area contributed by atoms with Crippen LogP contribution in [0.25, 0.3) is 0 Å². The number of alkyl carbamates (subject to hydrolysis) is 2. The van der Waals surface area contributed by atoms with E-state index in [0.29, 0.717) is 10.0 Å². The molecule has 342 valence electrons. The van der Waals surface area contributed by atoms with Gasteiger partial charge in [0, 0.05) is 0 Å². The predicted molar refractivity (Wildman–Crippen MR) is 246 cm³/mol. The van der Waals surface area contributed by atoms with Crippen molar-refractivity contribution in [1.82, 2.24) is 20.4 Å². The van der Waals surface area contributed by atoms with Crippen LogP contribution in [0.15, 0.2) is 45.3 Å². The lowest BCUT2D eigenvalue weighted by atomic mass is 10.2. The zero-order chi connectivity index (χ0) is 47.7. The third-order valence-corrected chi connectivity index (χ3v) is 13.5. The maximum absolute atomic E-state index is 12.9. The first-order chi connectivity index (χ1) is 27.3. The van der Waals surface area contributed by atoms with E-state index in [-0.39, 0.29) is 23.9 Å². The minimum absolute atomic E-state index is 0.00250. The van der Waals surface area contributed by atoms with Crippen molar-refractivity contribution in [3.63, 3.8) is 0 Å². The van der Waals surface area contributed by atoms with Crippen molar-refractivity contribution in [3.8, 4) is 11.5 Å². The zero-order valence-corrected chi connectivity index (χ0v) is 42.8. The number of nitrogens with one attached hydrogen (secondary N) is 4. The molecule has 19 heteroatoms. The van der Waals surface area contributed by atoms with E-state index < -0.39 is 67.0 Å². The van der Waals surface area contributed by atoms with Crippen molar-refractivity contribution in [3.05, 3.63) is 56.5 Å². The Balaban J connectivity index is 0.000000626. The molecule has 0 saturated carbocycles. The Morgan fingerprint density at radius 2 is 0.951 bits per heavy atom. The van der Waals surface area contributed by atoms with Crippen LogP contribution in [0.4, 0.5) is 19.2 Å². The van der Waals surface area contributed by atoms with E-state index in [2.05, 4.69) is 76.4 Å². The number of rotatable bonds is 6. The molecule has 2 aromatic rings. The van der Waals surface area contributed by atoms with Gasteiger partial charge in [0.05, 0.1) is 22.0 Å². The van der Waals surface area contributed by atoms with Gasteiger partial charge in [-0.15, -0.1) is 0 Å². The largest absolute Gasteiger partial charge is 0.543 e. The third kappa shape index (κ3) is 20.8. The number of hydrogen-bond acceptors (Lipinski definition) is 12. The highest BCUT2D eigenvalue weighted by Crippen LogP contribution is 2.39. The molecule has 61 heavy (non-hydrogen) atoms. The maximum atomic E-state index is 12.9. The Morgan fingerprint density at radius 1 is 0.607 bits per heavy atom. The van der Waals surface area contributed by atoms with Crippen LogP contribution >= 0.6 is 31.9 Å². The number of amides is 4. The van der Waals surface area contributed by atoms with Gasteiger partial charge in [0.1, 0.15) is 33.9 Å². The monoisotopic (exact) mass is 1000 g/mol. The molecule has 0 heterocycles. The molecule has 0 spiro atoms. The fourth-order valence-electron chi connectivity index (χ4n) is 4.21. The summed E-state index contributed by atoms with van der Waals surface area (Å²) in [4.78, 5) is 51.5. The van der Waals surface area contributed by atoms with Crippen LogP contribution in [-0.2, 0) is 32.0 Å². The number of aromatic hydroxyl groups is 1. The van der Waals surface area contributed by atoms with Crippen molar-refractivity contribution in [2.24, 2.45) is 0 Å². The number of halogens is 2. The summed E-state index contributed by atoms with van der Waals surface area (Å²) in [6, 6.07) is 10.2. The Morgan fingerprint density at radius 3 is 1.26 bits per heavy atom. The van der Waals surface area contributed by atoms with Gasteiger partial charge in [0.25, 0.3) is 8.32 Å². The standard InChI is InChI=1S/C24H40BrN3O5Si.C18H26BrN3O5/c1-22(2,3)31-20(29)27-19(26)28(21(30)32-23(4,5)6)15-16-12-13-18(17(25)14-16)33-34(10,11)24(7,8)9;1-17(2,3)26-15(24)21-14(20)22(16(25)27-18(4,5)6)10-11-7-8-13(23)12(19)9-11/h12-14H,15H2,1-11H3,(H2,26,27,29);7-9,23H,10H2,1-6H3,(H2,20,21,24). The minimum atomic E-state index is -2.04. The van der Waals surface area contributed by atoms with Gasteiger partial charge in [-0.1, -0.05) is 32.9 Å². The molecule has 0 fully saturated rings. The Kier molecular flexibility index (Phi) is 18.9. The highest BCUT2D eigenvalue weighted by Gasteiger charge is 2.39. The van der Waals surface area contributed by atoms with E-state index in [0.717, 1.165) is 25.6 Å². The van der Waals surface area contributed by atoms with Crippen LogP contribution in [0.1, 0.15) is 115 Å². The quantitative estimate of drug-likeness (QED) is 0.0799. The maximum Gasteiger partial charge on any atom is 0.417 e. The summed E-state index contributed by atoms with van der Waals surface area (Å²) in [7, 11) is -2.04. The topological polar surface area (TPSA) is 213 Å². The molecule has 0 saturated heterocycles. The van der Waals surface area contributed by atoms with Crippen molar-refractivity contribution in [2.45, 2.75) is 157 Å². The van der Waals surface area contributed by atoms with Gasteiger partial charge in [-0.05, 0) is 168 Å². The van der Waals surface area contributed by atoms with E-state index >= 15 is 0 Å². The van der Waals surface area contributed by atoms with Crippen molar-refractivity contribution < 1.29 is 47.7 Å². The lowest BCUT2D eigenvalue weighted by molar-refractivity contribution is 0.0330. The van der Waals surface area contributed by atoms with Crippen molar-refractivity contribution >= 4 is 76.5 Å². The lowest BCUT2D eigenvalue weighted by Crippen LogP contribution is -2.49. The number of carbonyl (C=O) groups is 4.